The Labute approximate surface area is 184 Å². The minimum absolute atomic E-state index is 0.0960. The third kappa shape index (κ3) is 3.14. The number of tetrazole rings is 1. The van der Waals surface area contributed by atoms with Gasteiger partial charge in [-0.15, -0.1) is 5.10 Å². The number of para-hydroxylation sites is 1. The first-order valence-electron chi connectivity index (χ1n) is 10.9. The summed E-state index contributed by atoms with van der Waals surface area (Å²) in [6.45, 7) is 3.22. The zero-order chi connectivity index (χ0) is 21.7. The van der Waals surface area contributed by atoms with Crippen LogP contribution >= 0.6 is 0 Å². The molecule has 162 valence electrons. The van der Waals surface area contributed by atoms with Gasteiger partial charge in [0.2, 0.25) is 12.7 Å². The number of ether oxygens (including phenoxy) is 2. The number of fused-ring (bicyclic) bond motifs is 4. The summed E-state index contributed by atoms with van der Waals surface area (Å²) in [5.41, 5.74) is 4.72. The van der Waals surface area contributed by atoms with Gasteiger partial charge in [-0.05, 0) is 59.5 Å². The van der Waals surface area contributed by atoms with Crippen molar-refractivity contribution in [1.82, 2.24) is 24.9 Å². The molecule has 1 aliphatic heterocycles. The Bertz CT molecular complexity index is 1340. The summed E-state index contributed by atoms with van der Waals surface area (Å²) in [4.78, 5) is 15.3. The standard InChI is InChI=1S/C24H23N5O3/c1-15-4-2-7-18-11-19(23-25-26-27-29(23)22(15)18)13-28(24(30)17-5-3-6-17)12-16-8-9-20-21(10-16)32-14-31-20/h2,4,7-11,17H,3,5-6,12-14H2,1H3. The molecule has 2 aromatic heterocycles. The second-order valence-electron chi connectivity index (χ2n) is 8.61. The molecule has 1 fully saturated rings. The maximum absolute atomic E-state index is 13.4. The Morgan fingerprint density at radius 2 is 2.00 bits per heavy atom. The first kappa shape index (κ1) is 19.0. The summed E-state index contributed by atoms with van der Waals surface area (Å²) >= 11 is 0. The van der Waals surface area contributed by atoms with Crippen LogP contribution in [0.1, 0.15) is 36.0 Å². The highest BCUT2D eigenvalue weighted by Gasteiger charge is 2.30. The van der Waals surface area contributed by atoms with Gasteiger partial charge in [-0.1, -0.05) is 30.7 Å². The molecular weight excluding hydrogens is 406 g/mol. The van der Waals surface area contributed by atoms with Gasteiger partial charge >= 0.3 is 0 Å². The van der Waals surface area contributed by atoms with Crippen LogP contribution in [0.3, 0.4) is 0 Å². The first-order chi connectivity index (χ1) is 15.7. The number of aromatic nitrogens is 4. The fourth-order valence-corrected chi connectivity index (χ4v) is 4.58. The van der Waals surface area contributed by atoms with Crippen LogP contribution in [0.2, 0.25) is 0 Å². The Kier molecular flexibility index (Phi) is 4.45. The molecule has 6 rings (SSSR count). The van der Waals surface area contributed by atoms with Crippen molar-refractivity contribution in [2.45, 2.75) is 39.3 Å². The fraction of sp³-hybridized carbons (Fsp3) is 0.333. The molecule has 3 heterocycles. The van der Waals surface area contributed by atoms with Gasteiger partial charge in [0.1, 0.15) is 0 Å². The summed E-state index contributed by atoms with van der Waals surface area (Å²) in [5.74, 6) is 1.75. The average Bonchev–Trinajstić information content (AvgIpc) is 3.41. The summed E-state index contributed by atoms with van der Waals surface area (Å²) in [6.07, 6.45) is 3.02. The molecule has 1 amide bonds. The minimum atomic E-state index is 0.0960. The van der Waals surface area contributed by atoms with Crippen LogP contribution in [0.15, 0.2) is 42.5 Å². The molecule has 2 aromatic carbocycles. The molecule has 1 aliphatic carbocycles. The number of amides is 1. The lowest BCUT2D eigenvalue weighted by Gasteiger charge is -2.32. The van der Waals surface area contributed by atoms with Crippen molar-refractivity contribution in [3.8, 4) is 11.5 Å². The maximum Gasteiger partial charge on any atom is 0.231 e. The number of nitrogens with zero attached hydrogens (tertiary/aromatic N) is 5. The predicted octanol–water partition coefficient (Wildman–Crippen LogP) is 3.64. The predicted molar refractivity (Wildman–Crippen MR) is 117 cm³/mol. The number of carbonyl (C=O) groups is 1. The molecule has 1 saturated carbocycles. The van der Waals surface area contributed by atoms with Crippen LogP contribution in [0, 0.1) is 12.8 Å². The van der Waals surface area contributed by atoms with Gasteiger partial charge < -0.3 is 14.4 Å². The van der Waals surface area contributed by atoms with E-state index in [1.807, 2.05) is 29.2 Å². The van der Waals surface area contributed by atoms with E-state index in [9.17, 15) is 4.79 Å². The lowest BCUT2D eigenvalue weighted by Crippen LogP contribution is -2.38. The summed E-state index contributed by atoms with van der Waals surface area (Å²) in [6, 6.07) is 14.1. The summed E-state index contributed by atoms with van der Waals surface area (Å²) in [7, 11) is 0. The van der Waals surface area contributed by atoms with Crippen molar-refractivity contribution >= 4 is 22.5 Å². The molecule has 8 nitrogen and oxygen atoms in total. The van der Waals surface area contributed by atoms with Crippen LogP contribution < -0.4 is 9.47 Å². The molecule has 0 atom stereocenters. The van der Waals surface area contributed by atoms with Gasteiger partial charge in [0.25, 0.3) is 0 Å². The summed E-state index contributed by atoms with van der Waals surface area (Å²) in [5, 5.41) is 13.5. The monoisotopic (exact) mass is 429 g/mol. The van der Waals surface area contributed by atoms with Gasteiger partial charge in [0.05, 0.1) is 5.52 Å². The molecule has 0 spiro atoms. The van der Waals surface area contributed by atoms with Gasteiger partial charge in [-0.25, -0.2) is 0 Å². The molecule has 0 N–H and O–H groups in total. The molecular formula is C24H23N5O3. The largest absolute Gasteiger partial charge is 0.454 e. The van der Waals surface area contributed by atoms with E-state index in [1.165, 1.54) is 0 Å². The Morgan fingerprint density at radius 3 is 2.84 bits per heavy atom. The zero-order valence-corrected chi connectivity index (χ0v) is 17.8. The zero-order valence-electron chi connectivity index (χ0n) is 17.8. The maximum atomic E-state index is 13.4. The Balaban J connectivity index is 1.39. The van der Waals surface area contributed by atoms with E-state index >= 15 is 0 Å². The summed E-state index contributed by atoms with van der Waals surface area (Å²) < 4.78 is 12.7. The van der Waals surface area contributed by atoms with Gasteiger partial charge in [0, 0.05) is 30.0 Å². The second-order valence-corrected chi connectivity index (χ2v) is 8.61. The van der Waals surface area contributed by atoms with E-state index in [0.717, 1.165) is 58.4 Å². The number of hydrogen-bond acceptors (Lipinski definition) is 6. The van der Waals surface area contributed by atoms with Crippen molar-refractivity contribution < 1.29 is 14.3 Å². The average molecular weight is 429 g/mol. The number of benzene rings is 2. The Hall–Kier alpha value is -3.68. The van der Waals surface area contributed by atoms with Gasteiger partial charge in [-0.3, -0.25) is 4.79 Å². The number of hydrogen-bond donors (Lipinski definition) is 0. The Morgan fingerprint density at radius 1 is 1.12 bits per heavy atom. The SMILES string of the molecule is Cc1cccc2cc(CN(Cc3ccc4c(c3)OCO4)C(=O)C3CCC3)c3nnnn3c12. The molecule has 4 aromatic rings. The van der Waals surface area contributed by atoms with Crippen molar-refractivity contribution in [3.63, 3.8) is 0 Å². The molecule has 0 saturated heterocycles. The highest BCUT2D eigenvalue weighted by Crippen LogP contribution is 2.34. The van der Waals surface area contributed by atoms with E-state index in [0.29, 0.717) is 18.7 Å². The highest BCUT2D eigenvalue weighted by molar-refractivity contribution is 5.86. The van der Waals surface area contributed by atoms with E-state index < -0.39 is 0 Å². The molecule has 0 radical (unpaired) electrons. The smallest absolute Gasteiger partial charge is 0.231 e. The van der Waals surface area contributed by atoms with Crippen molar-refractivity contribution in [1.29, 1.82) is 0 Å². The van der Waals surface area contributed by atoms with E-state index in [4.69, 9.17) is 9.47 Å². The number of rotatable bonds is 5. The first-order valence-corrected chi connectivity index (χ1v) is 10.9. The van der Waals surface area contributed by atoms with Crippen LogP contribution in [0.4, 0.5) is 0 Å². The second kappa shape index (κ2) is 7.47. The van der Waals surface area contributed by atoms with Gasteiger partial charge in [0.15, 0.2) is 17.1 Å². The van der Waals surface area contributed by atoms with E-state index in [-0.39, 0.29) is 18.6 Å². The number of carbonyl (C=O) groups excluding carboxylic acids is 1. The molecule has 8 heteroatoms. The van der Waals surface area contributed by atoms with Crippen LogP contribution in [-0.4, -0.2) is 37.6 Å². The van der Waals surface area contributed by atoms with E-state index in [1.54, 1.807) is 4.52 Å². The van der Waals surface area contributed by atoms with Crippen molar-refractivity contribution in [2.75, 3.05) is 6.79 Å². The molecule has 0 bridgehead atoms. The van der Waals surface area contributed by atoms with Crippen LogP contribution in [-0.2, 0) is 17.9 Å². The van der Waals surface area contributed by atoms with Crippen molar-refractivity contribution in [3.05, 3.63) is 59.2 Å². The molecule has 32 heavy (non-hydrogen) atoms. The lowest BCUT2D eigenvalue weighted by molar-refractivity contribution is -0.139. The van der Waals surface area contributed by atoms with Crippen molar-refractivity contribution in [2.24, 2.45) is 5.92 Å². The molecule has 2 aliphatic rings. The van der Waals surface area contributed by atoms with Gasteiger partial charge in [-0.2, -0.15) is 4.52 Å². The third-order valence-electron chi connectivity index (χ3n) is 6.50. The minimum Gasteiger partial charge on any atom is -0.454 e. The highest BCUT2D eigenvalue weighted by atomic mass is 16.7. The third-order valence-corrected chi connectivity index (χ3v) is 6.50. The number of pyridine rings is 1. The quantitative estimate of drug-likeness (QED) is 0.482. The lowest BCUT2D eigenvalue weighted by atomic mass is 9.84. The number of aryl methyl sites for hydroxylation is 1. The van der Waals surface area contributed by atoms with Crippen LogP contribution in [0.25, 0.3) is 16.6 Å². The van der Waals surface area contributed by atoms with Crippen LogP contribution in [0.5, 0.6) is 11.5 Å². The van der Waals surface area contributed by atoms with E-state index in [2.05, 4.69) is 40.6 Å². The molecule has 0 unspecified atom stereocenters. The fourth-order valence-electron chi connectivity index (χ4n) is 4.58. The normalized spacial score (nSPS) is 15.3. The topological polar surface area (TPSA) is 81.9 Å².